The number of carbonyl (C=O) groups excluding carboxylic acids is 1. The van der Waals surface area contributed by atoms with E-state index in [1.807, 2.05) is 37.3 Å². The number of rotatable bonds is 8. The van der Waals surface area contributed by atoms with E-state index in [0.29, 0.717) is 40.4 Å². The lowest BCUT2D eigenvalue weighted by molar-refractivity contribution is 0.0958. The highest BCUT2D eigenvalue weighted by molar-refractivity contribution is 7.17. The SMILES string of the molecule is CCOc1cc(/C=N/NC(=O)c2sc(N)nc2C)ccc1OCc1ccc(C)cc1. The fourth-order valence-corrected chi connectivity index (χ4v) is 3.41. The number of nitrogens with one attached hydrogen (secondary N) is 1. The van der Waals surface area contributed by atoms with Gasteiger partial charge in [-0.25, -0.2) is 10.4 Å². The fraction of sp³-hybridized carbons (Fsp3) is 0.227. The first-order valence-electron chi connectivity index (χ1n) is 9.47. The van der Waals surface area contributed by atoms with Gasteiger partial charge in [0, 0.05) is 0 Å². The molecule has 2 aromatic carbocycles. The van der Waals surface area contributed by atoms with Crippen molar-refractivity contribution in [3.05, 3.63) is 69.7 Å². The summed E-state index contributed by atoms with van der Waals surface area (Å²) in [5.74, 6) is 0.918. The summed E-state index contributed by atoms with van der Waals surface area (Å²) >= 11 is 1.13. The van der Waals surface area contributed by atoms with Crippen molar-refractivity contribution in [3.8, 4) is 11.5 Å². The molecular weight excluding hydrogens is 400 g/mol. The molecule has 0 bridgehead atoms. The Labute approximate surface area is 179 Å². The monoisotopic (exact) mass is 424 g/mol. The normalized spacial score (nSPS) is 10.9. The van der Waals surface area contributed by atoms with Crippen LogP contribution >= 0.6 is 11.3 Å². The molecule has 3 aromatic rings. The van der Waals surface area contributed by atoms with Gasteiger partial charge < -0.3 is 15.2 Å². The lowest BCUT2D eigenvalue weighted by Gasteiger charge is -2.12. The zero-order valence-corrected chi connectivity index (χ0v) is 18.0. The van der Waals surface area contributed by atoms with Crippen molar-refractivity contribution in [2.45, 2.75) is 27.4 Å². The van der Waals surface area contributed by atoms with Crippen LogP contribution in [-0.4, -0.2) is 23.7 Å². The molecule has 3 N–H and O–H groups in total. The number of carbonyl (C=O) groups is 1. The first-order valence-corrected chi connectivity index (χ1v) is 10.3. The number of ether oxygens (including phenoxy) is 2. The average Bonchev–Trinajstić information content (AvgIpc) is 3.07. The number of nitrogen functional groups attached to an aromatic ring is 1. The van der Waals surface area contributed by atoms with E-state index in [2.05, 4.69) is 34.6 Å². The predicted octanol–water partition coefficient (Wildman–Crippen LogP) is 4.08. The minimum absolute atomic E-state index is 0.346. The van der Waals surface area contributed by atoms with E-state index in [9.17, 15) is 4.79 Å². The molecule has 7 nitrogen and oxygen atoms in total. The third-order valence-electron chi connectivity index (χ3n) is 4.18. The van der Waals surface area contributed by atoms with Gasteiger partial charge in [0.25, 0.3) is 5.91 Å². The molecule has 156 valence electrons. The van der Waals surface area contributed by atoms with Crippen LogP contribution < -0.4 is 20.6 Å². The maximum Gasteiger partial charge on any atom is 0.283 e. The molecule has 0 spiro atoms. The van der Waals surface area contributed by atoms with Crippen LogP contribution in [0.3, 0.4) is 0 Å². The van der Waals surface area contributed by atoms with Gasteiger partial charge in [-0.05, 0) is 50.1 Å². The van der Waals surface area contributed by atoms with Crippen LogP contribution in [0.1, 0.15) is 39.0 Å². The Morgan fingerprint density at radius 1 is 1.17 bits per heavy atom. The average molecular weight is 425 g/mol. The number of aryl methyl sites for hydroxylation is 2. The van der Waals surface area contributed by atoms with E-state index in [4.69, 9.17) is 15.2 Å². The van der Waals surface area contributed by atoms with Gasteiger partial charge in [-0.15, -0.1) is 0 Å². The zero-order chi connectivity index (χ0) is 21.5. The van der Waals surface area contributed by atoms with Gasteiger partial charge in [-0.3, -0.25) is 4.79 Å². The molecule has 0 aliphatic heterocycles. The number of amides is 1. The molecule has 0 fully saturated rings. The lowest BCUT2D eigenvalue weighted by atomic mass is 10.2. The number of nitrogens with zero attached hydrogens (tertiary/aromatic N) is 2. The third kappa shape index (κ3) is 5.57. The van der Waals surface area contributed by atoms with Crippen molar-refractivity contribution >= 4 is 28.6 Å². The van der Waals surface area contributed by atoms with Crippen molar-refractivity contribution < 1.29 is 14.3 Å². The van der Waals surface area contributed by atoms with Crippen molar-refractivity contribution in [3.63, 3.8) is 0 Å². The topological polar surface area (TPSA) is 98.8 Å². The number of anilines is 1. The molecule has 0 atom stereocenters. The summed E-state index contributed by atoms with van der Waals surface area (Å²) in [4.78, 5) is 16.7. The Morgan fingerprint density at radius 2 is 1.93 bits per heavy atom. The molecule has 1 amide bonds. The second-order valence-corrected chi connectivity index (χ2v) is 7.61. The van der Waals surface area contributed by atoms with E-state index in [1.54, 1.807) is 13.1 Å². The molecule has 1 heterocycles. The van der Waals surface area contributed by atoms with Crippen LogP contribution in [0.2, 0.25) is 0 Å². The van der Waals surface area contributed by atoms with Gasteiger partial charge in [0.05, 0.1) is 18.5 Å². The number of hydrogen-bond acceptors (Lipinski definition) is 7. The Kier molecular flexibility index (Phi) is 7.03. The number of aromatic nitrogens is 1. The molecule has 0 saturated carbocycles. The fourth-order valence-electron chi connectivity index (χ4n) is 2.68. The maximum atomic E-state index is 12.2. The first kappa shape index (κ1) is 21.3. The van der Waals surface area contributed by atoms with Crippen LogP contribution in [0.15, 0.2) is 47.6 Å². The van der Waals surface area contributed by atoms with Crippen LogP contribution in [-0.2, 0) is 6.61 Å². The van der Waals surface area contributed by atoms with E-state index >= 15 is 0 Å². The summed E-state index contributed by atoms with van der Waals surface area (Å²) in [5, 5.41) is 4.37. The van der Waals surface area contributed by atoms with Gasteiger partial charge in [0.15, 0.2) is 16.6 Å². The molecule has 0 radical (unpaired) electrons. The summed E-state index contributed by atoms with van der Waals surface area (Å²) in [7, 11) is 0. The Bertz CT molecular complexity index is 1050. The number of hydrogen-bond donors (Lipinski definition) is 2. The van der Waals surface area contributed by atoms with Gasteiger partial charge in [0.1, 0.15) is 11.5 Å². The predicted molar refractivity (Wildman–Crippen MR) is 119 cm³/mol. The quantitative estimate of drug-likeness (QED) is 0.419. The molecule has 0 aliphatic carbocycles. The van der Waals surface area contributed by atoms with Crippen molar-refractivity contribution in [1.82, 2.24) is 10.4 Å². The Hall–Kier alpha value is -3.39. The molecule has 8 heteroatoms. The Balaban J connectivity index is 1.66. The molecule has 0 saturated heterocycles. The highest BCUT2D eigenvalue weighted by Crippen LogP contribution is 2.29. The second-order valence-electron chi connectivity index (χ2n) is 6.58. The van der Waals surface area contributed by atoms with Gasteiger partial charge >= 0.3 is 0 Å². The van der Waals surface area contributed by atoms with Gasteiger partial charge in [0.2, 0.25) is 0 Å². The van der Waals surface area contributed by atoms with Gasteiger partial charge in [-0.1, -0.05) is 41.2 Å². The second kappa shape index (κ2) is 9.89. The number of hydrazone groups is 1. The minimum Gasteiger partial charge on any atom is -0.490 e. The molecule has 0 aliphatic rings. The first-order chi connectivity index (χ1) is 14.5. The van der Waals surface area contributed by atoms with Crippen LogP contribution in [0, 0.1) is 13.8 Å². The zero-order valence-electron chi connectivity index (χ0n) is 17.1. The summed E-state index contributed by atoms with van der Waals surface area (Å²) in [6.07, 6.45) is 1.55. The largest absolute Gasteiger partial charge is 0.490 e. The standard InChI is InChI=1S/C22H24N4O3S/c1-4-28-19-11-17(12-24-26-21(27)20-15(3)25-22(23)30-20)9-10-18(19)29-13-16-7-5-14(2)6-8-16/h5-12H,4,13H2,1-3H3,(H2,23,25)(H,26,27)/b24-12+. The van der Waals surface area contributed by atoms with E-state index in [0.717, 1.165) is 22.5 Å². The Morgan fingerprint density at radius 3 is 2.60 bits per heavy atom. The summed E-state index contributed by atoms with van der Waals surface area (Å²) < 4.78 is 11.6. The minimum atomic E-state index is -0.346. The third-order valence-corrected chi connectivity index (χ3v) is 5.17. The molecule has 1 aromatic heterocycles. The van der Waals surface area contributed by atoms with Crippen molar-refractivity contribution in [2.24, 2.45) is 5.10 Å². The van der Waals surface area contributed by atoms with Crippen molar-refractivity contribution in [2.75, 3.05) is 12.3 Å². The van der Waals surface area contributed by atoms with Gasteiger partial charge in [-0.2, -0.15) is 5.10 Å². The summed E-state index contributed by atoms with van der Waals surface area (Å²) in [5.41, 5.74) is 11.8. The molecule has 30 heavy (non-hydrogen) atoms. The highest BCUT2D eigenvalue weighted by Gasteiger charge is 2.13. The van der Waals surface area contributed by atoms with E-state index in [1.165, 1.54) is 5.56 Å². The number of thiazole rings is 1. The molecular formula is C22H24N4O3S. The highest BCUT2D eigenvalue weighted by atomic mass is 32.1. The molecule has 3 rings (SSSR count). The maximum absolute atomic E-state index is 12.2. The summed E-state index contributed by atoms with van der Waals surface area (Å²) in [6.45, 7) is 6.64. The number of nitrogens with two attached hydrogens (primary N) is 1. The van der Waals surface area contributed by atoms with Crippen LogP contribution in [0.5, 0.6) is 11.5 Å². The van der Waals surface area contributed by atoms with Crippen molar-refractivity contribution in [1.29, 1.82) is 0 Å². The van der Waals surface area contributed by atoms with E-state index < -0.39 is 0 Å². The van der Waals surface area contributed by atoms with E-state index in [-0.39, 0.29) is 5.91 Å². The lowest BCUT2D eigenvalue weighted by Crippen LogP contribution is -2.17. The number of benzene rings is 2. The van der Waals surface area contributed by atoms with Crippen LogP contribution in [0.4, 0.5) is 5.13 Å². The summed E-state index contributed by atoms with van der Waals surface area (Å²) in [6, 6.07) is 13.7. The van der Waals surface area contributed by atoms with Crippen LogP contribution in [0.25, 0.3) is 0 Å². The smallest absolute Gasteiger partial charge is 0.283 e. The molecule has 0 unspecified atom stereocenters.